The first-order valence-corrected chi connectivity index (χ1v) is 9.61. The third-order valence-electron chi connectivity index (χ3n) is 4.69. The highest BCUT2D eigenvalue weighted by Crippen LogP contribution is 2.32. The molecule has 0 atom stereocenters. The van der Waals surface area contributed by atoms with Crippen LogP contribution in [0.3, 0.4) is 0 Å². The van der Waals surface area contributed by atoms with Crippen LogP contribution in [-0.2, 0) is 11.3 Å². The van der Waals surface area contributed by atoms with Crippen LogP contribution in [0.4, 0.5) is 10.5 Å². The average Bonchev–Trinajstić information content (AvgIpc) is 3.10. The van der Waals surface area contributed by atoms with Crippen molar-refractivity contribution in [3.8, 4) is 10.6 Å². The summed E-state index contributed by atoms with van der Waals surface area (Å²) in [6.07, 6.45) is 2.46. The second kappa shape index (κ2) is 7.50. The fraction of sp³-hybridized carbons (Fsp3) is 0.316. The van der Waals surface area contributed by atoms with Gasteiger partial charge in [-0.15, -0.1) is 0 Å². The molecule has 3 heterocycles. The van der Waals surface area contributed by atoms with E-state index in [1.807, 2.05) is 36.5 Å². The highest BCUT2D eigenvalue weighted by molar-refractivity contribution is 7.21. The van der Waals surface area contributed by atoms with Gasteiger partial charge in [0.25, 0.3) is 0 Å². The number of para-hydroxylation sites is 1. The summed E-state index contributed by atoms with van der Waals surface area (Å²) in [5, 5.41) is 9.85. The van der Waals surface area contributed by atoms with Gasteiger partial charge >= 0.3 is 6.09 Å². The molecule has 1 aromatic carbocycles. The Labute approximate surface area is 160 Å². The van der Waals surface area contributed by atoms with Crippen LogP contribution in [0.1, 0.15) is 18.4 Å². The minimum Gasteiger partial charge on any atom is -0.465 e. The normalized spacial score (nSPS) is 15.3. The number of pyridine rings is 1. The number of thiazole rings is 1. The molecular formula is C19H20N4O3S. The molecule has 140 valence electrons. The molecule has 1 saturated heterocycles. The van der Waals surface area contributed by atoms with Gasteiger partial charge in [0.05, 0.1) is 12.7 Å². The molecule has 4 rings (SSSR count). The monoisotopic (exact) mass is 384 g/mol. The van der Waals surface area contributed by atoms with Gasteiger partial charge in [-0.25, -0.2) is 14.8 Å². The minimum absolute atomic E-state index is 0.0754. The standard InChI is InChI=1S/C19H20N4O3S/c20-15-4-2-1-3-14(15)17-22-16-9-12(10-21-18(16)27-17)11-26-13-5-7-23(8-6-13)19(24)25/h1-4,9-10,13H,5-8,11,20H2,(H,24,25). The maximum atomic E-state index is 11.0. The number of anilines is 1. The van der Waals surface area contributed by atoms with Crippen molar-refractivity contribution >= 4 is 33.5 Å². The lowest BCUT2D eigenvalue weighted by molar-refractivity contribution is 0.000317. The van der Waals surface area contributed by atoms with Crippen molar-refractivity contribution in [2.24, 2.45) is 0 Å². The van der Waals surface area contributed by atoms with E-state index in [1.165, 1.54) is 16.2 Å². The second-order valence-electron chi connectivity index (χ2n) is 6.55. The van der Waals surface area contributed by atoms with E-state index in [9.17, 15) is 4.79 Å². The molecule has 1 aliphatic heterocycles. The number of nitrogen functional groups attached to an aromatic ring is 1. The average molecular weight is 384 g/mol. The number of nitrogens with zero attached hydrogens (tertiary/aromatic N) is 3. The number of hydrogen-bond acceptors (Lipinski definition) is 6. The number of likely N-dealkylation sites (tertiary alicyclic amines) is 1. The summed E-state index contributed by atoms with van der Waals surface area (Å²) in [5.41, 5.74) is 9.46. The molecule has 7 nitrogen and oxygen atoms in total. The first kappa shape index (κ1) is 17.7. The third-order valence-corrected chi connectivity index (χ3v) is 5.71. The Bertz CT molecular complexity index is 966. The summed E-state index contributed by atoms with van der Waals surface area (Å²) in [4.78, 5) is 22.4. The molecule has 0 spiro atoms. The van der Waals surface area contributed by atoms with Gasteiger partial charge in [0.2, 0.25) is 0 Å². The van der Waals surface area contributed by atoms with Crippen LogP contribution in [0.2, 0.25) is 0 Å². The zero-order chi connectivity index (χ0) is 18.8. The van der Waals surface area contributed by atoms with Crippen LogP contribution >= 0.6 is 11.3 Å². The van der Waals surface area contributed by atoms with E-state index >= 15 is 0 Å². The van der Waals surface area contributed by atoms with E-state index in [0.29, 0.717) is 25.4 Å². The van der Waals surface area contributed by atoms with Gasteiger partial charge in [0, 0.05) is 30.5 Å². The maximum Gasteiger partial charge on any atom is 0.407 e. The van der Waals surface area contributed by atoms with Gasteiger partial charge in [-0.3, -0.25) is 0 Å². The number of ether oxygens (including phenoxy) is 1. The predicted molar refractivity (Wildman–Crippen MR) is 105 cm³/mol. The van der Waals surface area contributed by atoms with E-state index in [1.54, 1.807) is 0 Å². The molecule has 0 unspecified atom stereocenters. The summed E-state index contributed by atoms with van der Waals surface area (Å²) >= 11 is 1.52. The number of carboxylic acid groups (broad SMARTS) is 1. The topological polar surface area (TPSA) is 102 Å². The molecule has 2 aromatic heterocycles. The molecule has 0 aliphatic carbocycles. The first-order valence-electron chi connectivity index (χ1n) is 8.80. The van der Waals surface area contributed by atoms with Gasteiger partial charge in [0.15, 0.2) is 0 Å². The number of benzene rings is 1. The largest absolute Gasteiger partial charge is 0.465 e. The fourth-order valence-corrected chi connectivity index (χ4v) is 4.12. The van der Waals surface area contributed by atoms with Crippen LogP contribution in [0.15, 0.2) is 36.5 Å². The van der Waals surface area contributed by atoms with Crippen molar-refractivity contribution in [1.29, 1.82) is 0 Å². The van der Waals surface area contributed by atoms with Crippen molar-refractivity contribution in [3.63, 3.8) is 0 Å². The lowest BCUT2D eigenvalue weighted by Crippen LogP contribution is -2.40. The molecule has 0 bridgehead atoms. The van der Waals surface area contributed by atoms with Crippen LogP contribution in [0.25, 0.3) is 20.9 Å². The molecular weight excluding hydrogens is 364 g/mol. The molecule has 0 radical (unpaired) electrons. The lowest BCUT2D eigenvalue weighted by atomic mass is 10.1. The molecule has 1 amide bonds. The number of aromatic nitrogens is 2. The van der Waals surface area contributed by atoms with Gasteiger partial charge < -0.3 is 20.5 Å². The fourth-order valence-electron chi connectivity index (χ4n) is 3.18. The number of piperidine rings is 1. The van der Waals surface area contributed by atoms with Crippen molar-refractivity contribution in [1.82, 2.24) is 14.9 Å². The first-order chi connectivity index (χ1) is 13.1. The highest BCUT2D eigenvalue weighted by atomic mass is 32.1. The molecule has 27 heavy (non-hydrogen) atoms. The van der Waals surface area contributed by atoms with Crippen molar-refractivity contribution in [2.75, 3.05) is 18.8 Å². The Morgan fingerprint density at radius 1 is 1.33 bits per heavy atom. The summed E-state index contributed by atoms with van der Waals surface area (Å²) < 4.78 is 5.95. The van der Waals surface area contributed by atoms with Crippen LogP contribution in [0.5, 0.6) is 0 Å². The van der Waals surface area contributed by atoms with E-state index in [2.05, 4.69) is 9.97 Å². The van der Waals surface area contributed by atoms with E-state index in [4.69, 9.17) is 15.6 Å². The molecule has 3 N–H and O–H groups in total. The zero-order valence-electron chi connectivity index (χ0n) is 14.7. The van der Waals surface area contributed by atoms with E-state index < -0.39 is 6.09 Å². The molecule has 0 saturated carbocycles. The van der Waals surface area contributed by atoms with Crippen LogP contribution < -0.4 is 5.73 Å². The molecule has 8 heteroatoms. The van der Waals surface area contributed by atoms with Gasteiger partial charge in [-0.2, -0.15) is 0 Å². The Kier molecular flexibility index (Phi) is 4.91. The van der Waals surface area contributed by atoms with Gasteiger partial charge in [-0.05, 0) is 36.6 Å². The smallest absolute Gasteiger partial charge is 0.407 e. The molecule has 1 aliphatic rings. The number of carbonyl (C=O) groups is 1. The van der Waals surface area contributed by atoms with E-state index in [-0.39, 0.29) is 6.10 Å². The number of nitrogens with two attached hydrogens (primary N) is 1. The zero-order valence-corrected chi connectivity index (χ0v) is 15.5. The summed E-state index contributed by atoms with van der Waals surface area (Å²) in [5.74, 6) is 0. The maximum absolute atomic E-state index is 11.0. The van der Waals surface area contributed by atoms with Gasteiger partial charge in [-0.1, -0.05) is 23.5 Å². The SMILES string of the molecule is Nc1ccccc1-c1nc2cc(COC3CCN(C(=O)O)CC3)cnc2s1. The second-order valence-corrected chi connectivity index (χ2v) is 7.53. The summed E-state index contributed by atoms with van der Waals surface area (Å²) in [6.45, 7) is 1.48. The summed E-state index contributed by atoms with van der Waals surface area (Å²) in [6, 6.07) is 9.67. The number of hydrogen-bond donors (Lipinski definition) is 2. The number of fused-ring (bicyclic) bond motifs is 1. The molecule has 1 fully saturated rings. The Hall–Kier alpha value is -2.71. The Balaban J connectivity index is 1.43. The van der Waals surface area contributed by atoms with Crippen LogP contribution in [-0.4, -0.2) is 45.3 Å². The van der Waals surface area contributed by atoms with Crippen LogP contribution in [0, 0.1) is 0 Å². The van der Waals surface area contributed by atoms with Crippen molar-refractivity contribution in [3.05, 3.63) is 42.1 Å². The minimum atomic E-state index is -0.860. The Morgan fingerprint density at radius 2 is 2.11 bits per heavy atom. The third kappa shape index (κ3) is 3.86. The van der Waals surface area contributed by atoms with Gasteiger partial charge in [0.1, 0.15) is 15.4 Å². The quantitative estimate of drug-likeness (QED) is 0.667. The van der Waals surface area contributed by atoms with Crippen molar-refractivity contribution in [2.45, 2.75) is 25.6 Å². The lowest BCUT2D eigenvalue weighted by Gasteiger charge is -2.29. The summed E-state index contributed by atoms with van der Waals surface area (Å²) in [7, 11) is 0. The highest BCUT2D eigenvalue weighted by Gasteiger charge is 2.22. The van der Waals surface area contributed by atoms with Crippen molar-refractivity contribution < 1.29 is 14.6 Å². The predicted octanol–water partition coefficient (Wildman–Crippen LogP) is 3.60. The number of amides is 1. The van der Waals surface area contributed by atoms with E-state index in [0.717, 1.165) is 39.3 Å². The Morgan fingerprint density at radius 3 is 2.85 bits per heavy atom. The number of rotatable bonds is 4. The molecule has 3 aromatic rings.